The summed E-state index contributed by atoms with van der Waals surface area (Å²) in [7, 11) is 0. The molecule has 0 aliphatic rings. The molecule has 0 amide bonds. The summed E-state index contributed by atoms with van der Waals surface area (Å²) in [6.45, 7) is 0. The predicted octanol–water partition coefficient (Wildman–Crippen LogP) is 2.20. The van der Waals surface area contributed by atoms with E-state index in [0.717, 1.165) is 5.52 Å². The molecule has 1 aromatic carbocycles. The highest BCUT2D eigenvalue weighted by atomic mass is 16.6. The van der Waals surface area contributed by atoms with Gasteiger partial charge in [0.05, 0.1) is 16.7 Å². The van der Waals surface area contributed by atoms with Crippen LogP contribution in [0.5, 0.6) is 0 Å². The highest BCUT2D eigenvalue weighted by Crippen LogP contribution is 2.25. The summed E-state index contributed by atoms with van der Waals surface area (Å²) in [5.74, 6) is 5.80. The zero-order valence-electron chi connectivity index (χ0n) is 10.9. The Labute approximate surface area is 119 Å². The van der Waals surface area contributed by atoms with Crippen LogP contribution in [-0.2, 0) is 0 Å². The van der Waals surface area contributed by atoms with Crippen molar-refractivity contribution in [3.8, 4) is 11.4 Å². The van der Waals surface area contributed by atoms with Crippen LogP contribution in [0, 0.1) is 10.1 Å². The van der Waals surface area contributed by atoms with Crippen LogP contribution >= 0.6 is 0 Å². The molecule has 0 aliphatic heterocycles. The molecule has 3 aromatic rings. The monoisotopic (exact) mass is 281 g/mol. The van der Waals surface area contributed by atoms with Crippen molar-refractivity contribution in [1.29, 1.82) is 0 Å². The van der Waals surface area contributed by atoms with E-state index in [0.29, 0.717) is 17.1 Å². The minimum atomic E-state index is -0.429. The summed E-state index contributed by atoms with van der Waals surface area (Å²) >= 11 is 0. The molecule has 7 nitrogen and oxygen atoms in total. The largest absolute Gasteiger partial charge is 0.323 e. The van der Waals surface area contributed by atoms with E-state index in [1.165, 1.54) is 18.3 Å². The summed E-state index contributed by atoms with van der Waals surface area (Å²) in [5, 5.41) is 14.4. The lowest BCUT2D eigenvalue weighted by molar-refractivity contribution is -0.384. The van der Waals surface area contributed by atoms with Crippen molar-refractivity contribution in [3.63, 3.8) is 0 Å². The van der Waals surface area contributed by atoms with Crippen LogP contribution in [0.2, 0.25) is 0 Å². The average molecular weight is 281 g/mol. The van der Waals surface area contributed by atoms with Gasteiger partial charge in [0.2, 0.25) is 0 Å². The molecular formula is C14H11N5O2. The van der Waals surface area contributed by atoms with Gasteiger partial charge in [0.15, 0.2) is 0 Å². The fraction of sp³-hybridized carbons (Fsp3) is 0. The number of hydrazone groups is 1. The first-order chi connectivity index (χ1) is 10.2. The zero-order valence-corrected chi connectivity index (χ0v) is 10.9. The van der Waals surface area contributed by atoms with Gasteiger partial charge in [0, 0.05) is 23.9 Å². The van der Waals surface area contributed by atoms with Crippen molar-refractivity contribution in [2.75, 3.05) is 0 Å². The first kappa shape index (κ1) is 12.8. The van der Waals surface area contributed by atoms with E-state index in [1.54, 1.807) is 12.1 Å². The number of rotatable bonds is 3. The molecule has 0 spiro atoms. The molecule has 7 heteroatoms. The zero-order chi connectivity index (χ0) is 14.8. The maximum Gasteiger partial charge on any atom is 0.270 e. The fourth-order valence-corrected chi connectivity index (χ4v) is 2.19. The van der Waals surface area contributed by atoms with Crippen LogP contribution in [0.4, 0.5) is 5.69 Å². The standard InChI is InChI=1S/C14H11N5O2/c15-16-9-12-13-6-1-2-7-18(13)14(17-12)10-4-3-5-11(8-10)19(20)21/h1-9H,15H2/b16-9+. The molecule has 0 fully saturated rings. The van der Waals surface area contributed by atoms with Gasteiger partial charge in [-0.05, 0) is 12.1 Å². The fourth-order valence-electron chi connectivity index (χ4n) is 2.19. The van der Waals surface area contributed by atoms with Crippen molar-refractivity contribution < 1.29 is 4.92 Å². The van der Waals surface area contributed by atoms with E-state index in [2.05, 4.69) is 10.1 Å². The molecule has 0 unspecified atom stereocenters. The van der Waals surface area contributed by atoms with Crippen molar-refractivity contribution in [2.24, 2.45) is 10.9 Å². The van der Waals surface area contributed by atoms with Gasteiger partial charge in [-0.1, -0.05) is 18.2 Å². The molecule has 0 bridgehead atoms. The number of hydrogen-bond donors (Lipinski definition) is 1. The third-order valence-corrected chi connectivity index (χ3v) is 3.09. The first-order valence-corrected chi connectivity index (χ1v) is 6.16. The third-order valence-electron chi connectivity index (χ3n) is 3.09. The Bertz CT molecular complexity index is 853. The lowest BCUT2D eigenvalue weighted by Gasteiger charge is -2.00. The Hall–Kier alpha value is -3.22. The van der Waals surface area contributed by atoms with Gasteiger partial charge in [-0.15, -0.1) is 0 Å². The number of pyridine rings is 1. The normalized spacial score (nSPS) is 11.2. The van der Waals surface area contributed by atoms with Gasteiger partial charge < -0.3 is 5.84 Å². The van der Waals surface area contributed by atoms with E-state index in [1.807, 2.05) is 28.8 Å². The predicted molar refractivity (Wildman–Crippen MR) is 79.1 cm³/mol. The van der Waals surface area contributed by atoms with E-state index in [9.17, 15) is 10.1 Å². The summed E-state index contributed by atoms with van der Waals surface area (Å²) < 4.78 is 1.84. The van der Waals surface area contributed by atoms with Crippen molar-refractivity contribution in [1.82, 2.24) is 9.38 Å². The van der Waals surface area contributed by atoms with Crippen LogP contribution < -0.4 is 5.84 Å². The van der Waals surface area contributed by atoms with E-state index in [4.69, 9.17) is 5.84 Å². The number of hydrogen-bond acceptors (Lipinski definition) is 5. The minimum Gasteiger partial charge on any atom is -0.323 e. The van der Waals surface area contributed by atoms with Crippen molar-refractivity contribution >= 4 is 17.4 Å². The molecule has 2 heterocycles. The van der Waals surface area contributed by atoms with Crippen molar-refractivity contribution in [2.45, 2.75) is 0 Å². The summed E-state index contributed by atoms with van der Waals surface area (Å²) in [5.41, 5.74) is 2.11. The van der Waals surface area contributed by atoms with E-state index >= 15 is 0 Å². The number of nitrogens with zero attached hydrogens (tertiary/aromatic N) is 4. The number of fused-ring (bicyclic) bond motifs is 1. The van der Waals surface area contributed by atoms with Crippen molar-refractivity contribution in [3.05, 3.63) is 64.5 Å². The smallest absolute Gasteiger partial charge is 0.270 e. The topological polar surface area (TPSA) is 98.8 Å². The molecule has 2 N–H and O–H groups in total. The third kappa shape index (κ3) is 2.20. The maximum absolute atomic E-state index is 10.9. The molecular weight excluding hydrogens is 270 g/mol. The van der Waals surface area contributed by atoms with E-state index < -0.39 is 4.92 Å². The average Bonchev–Trinajstić information content (AvgIpc) is 2.87. The molecule has 21 heavy (non-hydrogen) atoms. The highest BCUT2D eigenvalue weighted by Gasteiger charge is 2.13. The highest BCUT2D eigenvalue weighted by molar-refractivity contribution is 5.89. The molecule has 0 radical (unpaired) electrons. The summed E-state index contributed by atoms with van der Waals surface area (Å²) in [6, 6.07) is 12.0. The van der Waals surface area contributed by atoms with Gasteiger partial charge in [0.25, 0.3) is 5.69 Å². The number of non-ortho nitro benzene ring substituents is 1. The molecule has 3 rings (SSSR count). The first-order valence-electron chi connectivity index (χ1n) is 6.16. The van der Waals surface area contributed by atoms with Gasteiger partial charge in [-0.25, -0.2) is 4.98 Å². The second-order valence-corrected chi connectivity index (χ2v) is 4.36. The number of nitro benzene ring substituents is 1. The molecule has 0 saturated carbocycles. The lowest BCUT2D eigenvalue weighted by atomic mass is 10.2. The Balaban J connectivity index is 2.25. The van der Waals surface area contributed by atoms with Crippen LogP contribution in [0.15, 0.2) is 53.8 Å². The second-order valence-electron chi connectivity index (χ2n) is 4.36. The number of nitrogens with two attached hydrogens (primary N) is 1. The van der Waals surface area contributed by atoms with Gasteiger partial charge in [0.1, 0.15) is 11.5 Å². The number of benzene rings is 1. The lowest BCUT2D eigenvalue weighted by Crippen LogP contribution is -1.91. The Morgan fingerprint density at radius 3 is 2.90 bits per heavy atom. The SMILES string of the molecule is N/N=C/c1nc(-c2cccc([N+](=O)[O-])c2)n2ccccc12. The number of aromatic nitrogens is 2. The van der Waals surface area contributed by atoms with Gasteiger partial charge >= 0.3 is 0 Å². The Morgan fingerprint density at radius 2 is 2.14 bits per heavy atom. The van der Waals surface area contributed by atoms with Gasteiger partial charge in [-0.3, -0.25) is 14.5 Å². The maximum atomic E-state index is 10.9. The quantitative estimate of drug-likeness (QED) is 0.344. The number of nitro groups is 1. The van der Waals surface area contributed by atoms with Gasteiger partial charge in [-0.2, -0.15) is 5.10 Å². The molecule has 104 valence electrons. The minimum absolute atomic E-state index is 0.0224. The number of imidazole rings is 1. The molecule has 0 saturated heterocycles. The summed E-state index contributed by atoms with van der Waals surface area (Å²) in [6.07, 6.45) is 3.29. The Kier molecular flexibility index (Phi) is 3.07. The molecule has 0 aliphatic carbocycles. The van der Waals surface area contributed by atoms with Crippen LogP contribution in [0.3, 0.4) is 0 Å². The second kappa shape index (κ2) is 5.04. The van der Waals surface area contributed by atoms with E-state index in [-0.39, 0.29) is 5.69 Å². The summed E-state index contributed by atoms with van der Waals surface area (Å²) in [4.78, 5) is 14.9. The molecule has 2 aromatic heterocycles. The van der Waals surface area contributed by atoms with Crippen LogP contribution in [0.25, 0.3) is 16.9 Å². The Morgan fingerprint density at radius 1 is 1.29 bits per heavy atom. The molecule has 0 atom stereocenters. The van der Waals surface area contributed by atoms with Crippen LogP contribution in [0.1, 0.15) is 5.69 Å². The van der Waals surface area contributed by atoms with Crippen LogP contribution in [-0.4, -0.2) is 20.5 Å².